The fourth-order valence-corrected chi connectivity index (χ4v) is 3.00. The minimum atomic E-state index is -0.919. The van der Waals surface area contributed by atoms with Crippen LogP contribution in [0, 0.1) is 5.92 Å². The highest BCUT2D eigenvalue weighted by Gasteiger charge is 2.44. The first-order valence-electron chi connectivity index (χ1n) is 7.27. The topological polar surface area (TPSA) is 57.6 Å². The summed E-state index contributed by atoms with van der Waals surface area (Å²) < 4.78 is 0. The zero-order valence-corrected chi connectivity index (χ0v) is 12.1. The number of carboxylic acids is 1. The van der Waals surface area contributed by atoms with E-state index < -0.39 is 17.8 Å². The zero-order chi connectivity index (χ0) is 15.5. The van der Waals surface area contributed by atoms with Crippen molar-refractivity contribution in [3.05, 3.63) is 71.8 Å². The van der Waals surface area contributed by atoms with Gasteiger partial charge in [0.1, 0.15) is 0 Å². The van der Waals surface area contributed by atoms with Crippen LogP contribution in [0.3, 0.4) is 0 Å². The first-order chi connectivity index (χ1) is 10.7. The van der Waals surface area contributed by atoms with E-state index in [1.807, 2.05) is 60.7 Å². The third-order valence-corrected chi connectivity index (χ3v) is 4.09. The van der Waals surface area contributed by atoms with Gasteiger partial charge in [0.05, 0.1) is 11.8 Å². The highest BCUT2D eigenvalue weighted by atomic mass is 16.4. The lowest BCUT2D eigenvalue weighted by Crippen LogP contribution is -2.26. The average Bonchev–Trinajstić information content (AvgIpc) is 2.86. The molecule has 3 rings (SSSR count). The predicted molar refractivity (Wildman–Crippen MR) is 82.2 cm³/mol. The molecule has 1 aliphatic heterocycles. The molecule has 4 nitrogen and oxygen atoms in total. The Hall–Kier alpha value is -2.62. The number of carbonyl (C=O) groups is 2. The normalized spacial score (nSPS) is 21.1. The van der Waals surface area contributed by atoms with Gasteiger partial charge in [-0.05, 0) is 11.1 Å². The molecule has 0 aromatic heterocycles. The predicted octanol–water partition coefficient (Wildman–Crippen LogP) is 2.51. The third kappa shape index (κ3) is 2.72. The molecule has 1 amide bonds. The van der Waals surface area contributed by atoms with Gasteiger partial charge in [-0.2, -0.15) is 0 Å². The van der Waals surface area contributed by atoms with Crippen molar-refractivity contribution in [3.8, 4) is 0 Å². The lowest BCUT2D eigenvalue weighted by molar-refractivity contribution is -0.142. The first-order valence-corrected chi connectivity index (χ1v) is 7.27. The van der Waals surface area contributed by atoms with E-state index >= 15 is 0 Å². The molecule has 0 aliphatic carbocycles. The molecule has 1 N–H and O–H groups in total. The molecular formula is C18H17NO3. The molecule has 0 spiro atoms. The van der Waals surface area contributed by atoms with Crippen LogP contribution in [0.1, 0.15) is 17.0 Å². The fraction of sp³-hybridized carbons (Fsp3) is 0.222. The summed E-state index contributed by atoms with van der Waals surface area (Å²) in [6.45, 7) is 0.704. The van der Waals surface area contributed by atoms with Crippen LogP contribution in [-0.4, -0.2) is 28.4 Å². The Morgan fingerprint density at radius 1 is 1.05 bits per heavy atom. The highest BCUT2D eigenvalue weighted by molar-refractivity contribution is 5.92. The summed E-state index contributed by atoms with van der Waals surface area (Å²) in [5, 5.41) is 9.47. The standard InChI is InChI=1S/C18H17NO3/c20-17-16(14-9-5-2-6-10-14)15(18(21)22)12-19(17)11-13-7-3-1-4-8-13/h1-10,15-16H,11-12H2,(H,21,22)/t15-,16-/m0/s1. The number of rotatable bonds is 4. The summed E-state index contributed by atoms with van der Waals surface area (Å²) in [4.78, 5) is 25.9. The molecule has 2 aromatic rings. The van der Waals surface area contributed by atoms with E-state index in [1.54, 1.807) is 4.90 Å². The van der Waals surface area contributed by atoms with Crippen LogP contribution in [0.25, 0.3) is 0 Å². The molecule has 2 aromatic carbocycles. The average molecular weight is 295 g/mol. The van der Waals surface area contributed by atoms with Crippen LogP contribution >= 0.6 is 0 Å². The van der Waals surface area contributed by atoms with Crippen LogP contribution in [-0.2, 0) is 16.1 Å². The number of benzene rings is 2. The van der Waals surface area contributed by atoms with E-state index in [9.17, 15) is 14.7 Å². The summed E-state index contributed by atoms with van der Waals surface area (Å²) >= 11 is 0. The highest BCUT2D eigenvalue weighted by Crippen LogP contribution is 2.34. The maximum atomic E-state index is 12.7. The molecule has 1 aliphatic rings. The van der Waals surface area contributed by atoms with Gasteiger partial charge in [-0.15, -0.1) is 0 Å². The lowest BCUT2D eigenvalue weighted by Gasteiger charge is -2.16. The Morgan fingerprint density at radius 2 is 1.64 bits per heavy atom. The molecule has 0 unspecified atom stereocenters. The molecule has 1 heterocycles. The van der Waals surface area contributed by atoms with Crippen molar-refractivity contribution in [1.29, 1.82) is 0 Å². The number of nitrogens with zero attached hydrogens (tertiary/aromatic N) is 1. The van der Waals surface area contributed by atoms with E-state index in [1.165, 1.54) is 0 Å². The van der Waals surface area contributed by atoms with E-state index in [-0.39, 0.29) is 12.5 Å². The lowest BCUT2D eigenvalue weighted by atomic mass is 9.88. The number of hydrogen-bond acceptors (Lipinski definition) is 2. The number of hydrogen-bond donors (Lipinski definition) is 1. The second-order valence-corrected chi connectivity index (χ2v) is 5.54. The van der Waals surface area contributed by atoms with E-state index in [0.717, 1.165) is 11.1 Å². The first kappa shape index (κ1) is 14.3. The quantitative estimate of drug-likeness (QED) is 0.943. The Labute approximate surface area is 129 Å². The zero-order valence-electron chi connectivity index (χ0n) is 12.1. The minimum Gasteiger partial charge on any atom is -0.481 e. The Morgan fingerprint density at radius 3 is 2.23 bits per heavy atom. The summed E-state index contributed by atoms with van der Waals surface area (Å²) in [5.74, 6) is -2.32. The molecule has 2 atom stereocenters. The molecule has 0 saturated carbocycles. The fourth-order valence-electron chi connectivity index (χ4n) is 3.00. The van der Waals surface area contributed by atoms with Crippen LogP contribution in [0.2, 0.25) is 0 Å². The van der Waals surface area contributed by atoms with Gasteiger partial charge in [-0.3, -0.25) is 9.59 Å². The van der Waals surface area contributed by atoms with Crippen molar-refractivity contribution in [3.63, 3.8) is 0 Å². The SMILES string of the molecule is O=C(O)[C@H]1CN(Cc2ccccc2)C(=O)[C@H]1c1ccccc1. The molecular weight excluding hydrogens is 278 g/mol. The van der Waals surface area contributed by atoms with Gasteiger partial charge in [0.25, 0.3) is 0 Å². The summed E-state index contributed by atoms with van der Waals surface area (Å²) in [6.07, 6.45) is 0. The van der Waals surface area contributed by atoms with Crippen LogP contribution < -0.4 is 0 Å². The van der Waals surface area contributed by atoms with Crippen molar-refractivity contribution in [2.24, 2.45) is 5.92 Å². The van der Waals surface area contributed by atoms with Crippen LogP contribution in [0.4, 0.5) is 0 Å². The third-order valence-electron chi connectivity index (χ3n) is 4.09. The molecule has 112 valence electrons. The second kappa shape index (κ2) is 6.02. The van der Waals surface area contributed by atoms with Crippen molar-refractivity contribution in [2.75, 3.05) is 6.54 Å². The molecule has 0 radical (unpaired) electrons. The molecule has 1 fully saturated rings. The summed E-state index contributed by atoms with van der Waals surface area (Å²) in [7, 11) is 0. The van der Waals surface area contributed by atoms with Gasteiger partial charge in [0.15, 0.2) is 0 Å². The van der Waals surface area contributed by atoms with Crippen molar-refractivity contribution in [1.82, 2.24) is 4.90 Å². The molecule has 22 heavy (non-hydrogen) atoms. The molecule has 4 heteroatoms. The monoisotopic (exact) mass is 295 g/mol. The van der Waals surface area contributed by atoms with Crippen molar-refractivity contribution >= 4 is 11.9 Å². The van der Waals surface area contributed by atoms with Gasteiger partial charge in [0.2, 0.25) is 5.91 Å². The van der Waals surface area contributed by atoms with E-state index in [2.05, 4.69) is 0 Å². The second-order valence-electron chi connectivity index (χ2n) is 5.54. The number of amides is 1. The Balaban J connectivity index is 1.87. The van der Waals surface area contributed by atoms with Crippen molar-refractivity contribution in [2.45, 2.75) is 12.5 Å². The number of carboxylic acid groups (broad SMARTS) is 1. The smallest absolute Gasteiger partial charge is 0.309 e. The van der Waals surface area contributed by atoms with Gasteiger partial charge in [-0.25, -0.2) is 0 Å². The van der Waals surface area contributed by atoms with E-state index in [4.69, 9.17) is 0 Å². The van der Waals surface area contributed by atoms with Gasteiger partial charge >= 0.3 is 5.97 Å². The minimum absolute atomic E-state index is 0.109. The molecule has 1 saturated heterocycles. The summed E-state index contributed by atoms with van der Waals surface area (Å²) in [6, 6.07) is 18.8. The Kier molecular flexibility index (Phi) is 3.92. The Bertz CT molecular complexity index is 669. The number of likely N-dealkylation sites (tertiary alicyclic amines) is 1. The van der Waals surface area contributed by atoms with Gasteiger partial charge < -0.3 is 10.0 Å². The van der Waals surface area contributed by atoms with Crippen molar-refractivity contribution < 1.29 is 14.7 Å². The maximum Gasteiger partial charge on any atom is 0.309 e. The number of carbonyl (C=O) groups excluding carboxylic acids is 1. The summed E-state index contributed by atoms with van der Waals surface area (Å²) in [5.41, 5.74) is 1.78. The van der Waals surface area contributed by atoms with Gasteiger partial charge in [-0.1, -0.05) is 60.7 Å². The van der Waals surface area contributed by atoms with Crippen LogP contribution in [0.5, 0.6) is 0 Å². The molecule has 0 bridgehead atoms. The maximum absolute atomic E-state index is 12.7. The largest absolute Gasteiger partial charge is 0.481 e. The van der Waals surface area contributed by atoms with Crippen LogP contribution in [0.15, 0.2) is 60.7 Å². The van der Waals surface area contributed by atoms with Gasteiger partial charge in [0, 0.05) is 13.1 Å². The number of aliphatic carboxylic acids is 1. The van der Waals surface area contributed by atoms with E-state index in [0.29, 0.717) is 6.54 Å².